The Morgan fingerprint density at radius 3 is 2.75 bits per heavy atom. The van der Waals surface area contributed by atoms with Crippen LogP contribution in [-0.2, 0) is 0 Å². The predicted molar refractivity (Wildman–Crippen MR) is 61.1 cm³/mol. The Balaban J connectivity index is 2.39. The number of hydrogen-bond acceptors (Lipinski definition) is 4. The first kappa shape index (κ1) is 10.3. The van der Waals surface area contributed by atoms with E-state index < -0.39 is 0 Å². The Kier molecular flexibility index (Phi) is 2.64. The molecule has 2 aromatic rings. The zero-order chi connectivity index (χ0) is 11.5. The molecule has 2 N–H and O–H groups in total. The number of nitrogens with zero attached hydrogens (tertiary/aromatic N) is 2. The summed E-state index contributed by atoms with van der Waals surface area (Å²) in [4.78, 5) is 19.8. The van der Waals surface area contributed by atoms with Crippen LogP contribution < -0.4 is 5.73 Å². The molecule has 0 saturated heterocycles. The number of benzene rings is 1. The Hall–Kier alpha value is -2.23. The van der Waals surface area contributed by atoms with Gasteiger partial charge >= 0.3 is 0 Å². The van der Waals surface area contributed by atoms with Gasteiger partial charge in [-0.1, -0.05) is 12.1 Å². The van der Waals surface area contributed by atoms with Gasteiger partial charge in [0.25, 0.3) is 0 Å². The third kappa shape index (κ3) is 1.91. The summed E-state index contributed by atoms with van der Waals surface area (Å²) < 4.78 is 0. The number of aromatic nitrogens is 2. The lowest BCUT2D eigenvalue weighted by Crippen LogP contribution is -2.05. The second-order valence-corrected chi connectivity index (χ2v) is 3.49. The highest BCUT2D eigenvalue weighted by atomic mass is 16.1. The zero-order valence-corrected chi connectivity index (χ0v) is 8.84. The van der Waals surface area contributed by atoms with Crippen LogP contribution in [0.25, 0.3) is 0 Å². The predicted octanol–water partition coefficient (Wildman–Crippen LogP) is 1.60. The monoisotopic (exact) mass is 213 g/mol. The van der Waals surface area contributed by atoms with Crippen molar-refractivity contribution in [1.82, 2.24) is 9.97 Å². The van der Waals surface area contributed by atoms with Crippen LogP contribution in [0.3, 0.4) is 0 Å². The molecule has 1 aromatic heterocycles. The summed E-state index contributed by atoms with van der Waals surface area (Å²) in [6.07, 6.45) is 4.46. The average Bonchev–Trinajstić information content (AvgIpc) is 2.33. The molecule has 0 aliphatic carbocycles. The van der Waals surface area contributed by atoms with Gasteiger partial charge in [0.2, 0.25) is 5.78 Å². The summed E-state index contributed by atoms with van der Waals surface area (Å²) >= 11 is 0. The van der Waals surface area contributed by atoms with Gasteiger partial charge in [0.15, 0.2) is 0 Å². The topological polar surface area (TPSA) is 68.9 Å². The molecule has 0 spiro atoms. The second kappa shape index (κ2) is 4.10. The van der Waals surface area contributed by atoms with Gasteiger partial charge in [0, 0.05) is 23.6 Å². The molecule has 0 bridgehead atoms. The fourth-order valence-corrected chi connectivity index (χ4v) is 1.35. The fraction of sp³-hybridized carbons (Fsp3) is 0.0833. The van der Waals surface area contributed by atoms with E-state index in [0.29, 0.717) is 16.9 Å². The highest BCUT2D eigenvalue weighted by Crippen LogP contribution is 2.15. The third-order valence-electron chi connectivity index (χ3n) is 2.34. The second-order valence-electron chi connectivity index (χ2n) is 3.49. The molecule has 0 unspecified atom stereocenters. The molecule has 0 fully saturated rings. The molecule has 0 atom stereocenters. The van der Waals surface area contributed by atoms with E-state index in [9.17, 15) is 4.79 Å². The van der Waals surface area contributed by atoms with E-state index in [2.05, 4.69) is 9.97 Å². The maximum Gasteiger partial charge on any atom is 0.212 e. The van der Waals surface area contributed by atoms with E-state index in [1.807, 2.05) is 13.0 Å². The molecule has 1 heterocycles. The molecular weight excluding hydrogens is 202 g/mol. The van der Waals surface area contributed by atoms with Gasteiger partial charge in [-0.15, -0.1) is 0 Å². The first-order valence-electron chi connectivity index (χ1n) is 4.85. The molecule has 0 saturated carbocycles. The number of carbonyl (C=O) groups is 1. The number of carbonyl (C=O) groups excluding carboxylic acids is 1. The number of anilines is 1. The lowest BCUT2D eigenvalue weighted by Gasteiger charge is -2.03. The van der Waals surface area contributed by atoms with Gasteiger partial charge < -0.3 is 5.73 Å². The van der Waals surface area contributed by atoms with Crippen molar-refractivity contribution < 1.29 is 4.79 Å². The minimum atomic E-state index is -0.167. The number of rotatable bonds is 2. The van der Waals surface area contributed by atoms with Crippen molar-refractivity contribution in [3.8, 4) is 0 Å². The van der Waals surface area contributed by atoms with Crippen LogP contribution in [0.5, 0.6) is 0 Å². The summed E-state index contributed by atoms with van der Waals surface area (Å²) in [5.41, 5.74) is 8.16. The van der Waals surface area contributed by atoms with Gasteiger partial charge in [-0.25, -0.2) is 4.98 Å². The third-order valence-corrected chi connectivity index (χ3v) is 2.34. The van der Waals surface area contributed by atoms with Gasteiger partial charge in [-0.05, 0) is 18.6 Å². The minimum absolute atomic E-state index is 0.167. The van der Waals surface area contributed by atoms with Crippen molar-refractivity contribution in [3.05, 3.63) is 53.6 Å². The largest absolute Gasteiger partial charge is 0.398 e. The molecule has 80 valence electrons. The highest BCUT2D eigenvalue weighted by molar-refractivity contribution is 6.08. The van der Waals surface area contributed by atoms with Crippen molar-refractivity contribution in [3.63, 3.8) is 0 Å². The van der Waals surface area contributed by atoms with Crippen molar-refractivity contribution in [2.75, 3.05) is 5.73 Å². The molecule has 0 aliphatic rings. The van der Waals surface area contributed by atoms with E-state index in [4.69, 9.17) is 5.73 Å². The number of nitrogens with two attached hydrogens (primary N) is 1. The smallest absolute Gasteiger partial charge is 0.212 e. The van der Waals surface area contributed by atoms with Crippen molar-refractivity contribution in [1.29, 1.82) is 0 Å². The van der Waals surface area contributed by atoms with Crippen LogP contribution in [0.15, 0.2) is 36.8 Å². The highest BCUT2D eigenvalue weighted by Gasteiger charge is 2.10. The van der Waals surface area contributed by atoms with Crippen molar-refractivity contribution in [2.45, 2.75) is 6.92 Å². The van der Waals surface area contributed by atoms with E-state index in [1.54, 1.807) is 12.1 Å². The maximum atomic E-state index is 12.0. The zero-order valence-electron chi connectivity index (χ0n) is 8.84. The molecule has 2 rings (SSSR count). The Bertz CT molecular complexity index is 523. The van der Waals surface area contributed by atoms with E-state index in [1.165, 1.54) is 18.6 Å². The number of nitrogen functional groups attached to an aromatic ring is 1. The van der Waals surface area contributed by atoms with Crippen LogP contribution in [0.4, 0.5) is 5.69 Å². The molecule has 4 nitrogen and oxygen atoms in total. The van der Waals surface area contributed by atoms with Crippen LogP contribution in [0.1, 0.15) is 21.6 Å². The van der Waals surface area contributed by atoms with Gasteiger partial charge in [0.1, 0.15) is 5.69 Å². The molecular formula is C12H11N3O. The van der Waals surface area contributed by atoms with Crippen molar-refractivity contribution in [2.24, 2.45) is 0 Å². The number of hydrogen-bond donors (Lipinski definition) is 1. The van der Waals surface area contributed by atoms with Crippen LogP contribution in [-0.4, -0.2) is 15.8 Å². The number of aryl methyl sites for hydroxylation is 1. The van der Waals surface area contributed by atoms with Crippen LogP contribution >= 0.6 is 0 Å². The van der Waals surface area contributed by atoms with Crippen molar-refractivity contribution >= 4 is 11.5 Å². The Labute approximate surface area is 93.2 Å². The summed E-state index contributed by atoms with van der Waals surface area (Å²) in [6.45, 7) is 1.89. The summed E-state index contributed by atoms with van der Waals surface area (Å²) in [5.74, 6) is -0.167. The first-order valence-corrected chi connectivity index (χ1v) is 4.85. The number of ketones is 1. The quantitative estimate of drug-likeness (QED) is 0.607. The Morgan fingerprint density at radius 1 is 1.31 bits per heavy atom. The normalized spacial score (nSPS) is 10.1. The lowest BCUT2D eigenvalue weighted by molar-refractivity contribution is 0.103. The lowest BCUT2D eigenvalue weighted by atomic mass is 10.1. The van der Waals surface area contributed by atoms with E-state index in [0.717, 1.165) is 5.56 Å². The first-order chi connectivity index (χ1) is 7.68. The summed E-state index contributed by atoms with van der Waals surface area (Å²) in [5, 5.41) is 0. The van der Waals surface area contributed by atoms with Gasteiger partial charge in [-0.3, -0.25) is 9.78 Å². The van der Waals surface area contributed by atoms with Gasteiger partial charge in [0.05, 0.1) is 6.20 Å². The maximum absolute atomic E-state index is 12.0. The summed E-state index contributed by atoms with van der Waals surface area (Å²) in [7, 11) is 0. The van der Waals surface area contributed by atoms with Gasteiger partial charge in [-0.2, -0.15) is 0 Å². The fourth-order valence-electron chi connectivity index (χ4n) is 1.35. The SMILES string of the molecule is Cc1ccc(C(=O)c2cnccn2)cc1N. The van der Waals surface area contributed by atoms with Crippen LogP contribution in [0, 0.1) is 6.92 Å². The molecule has 0 amide bonds. The summed E-state index contributed by atoms with van der Waals surface area (Å²) in [6, 6.07) is 5.22. The Morgan fingerprint density at radius 2 is 2.12 bits per heavy atom. The molecule has 0 radical (unpaired) electrons. The minimum Gasteiger partial charge on any atom is -0.398 e. The molecule has 0 aliphatic heterocycles. The average molecular weight is 213 g/mol. The molecule has 16 heavy (non-hydrogen) atoms. The molecule has 4 heteroatoms. The van der Waals surface area contributed by atoms with Crippen LogP contribution in [0.2, 0.25) is 0 Å². The van der Waals surface area contributed by atoms with E-state index >= 15 is 0 Å². The standard InChI is InChI=1S/C12H11N3O/c1-8-2-3-9(6-10(8)13)12(16)11-7-14-4-5-15-11/h2-7H,13H2,1H3. The molecule has 1 aromatic carbocycles. The van der Waals surface area contributed by atoms with E-state index in [-0.39, 0.29) is 5.78 Å².